The highest BCUT2D eigenvalue weighted by Gasteiger charge is 2.34. The van der Waals surface area contributed by atoms with Gasteiger partial charge in [-0.05, 0) is 37.3 Å². The number of halogens is 3. The molecule has 0 bridgehead atoms. The van der Waals surface area contributed by atoms with Gasteiger partial charge in [-0.15, -0.1) is 0 Å². The smallest absolute Gasteiger partial charge is 0.449 e. The van der Waals surface area contributed by atoms with Gasteiger partial charge in [0.2, 0.25) is 5.82 Å². The van der Waals surface area contributed by atoms with Gasteiger partial charge in [-0.3, -0.25) is 10.1 Å². The first kappa shape index (κ1) is 18.2. The first-order valence-electron chi connectivity index (χ1n) is 8.26. The number of para-hydroxylation sites is 1. The lowest BCUT2D eigenvalue weighted by molar-refractivity contribution is -0.144. The summed E-state index contributed by atoms with van der Waals surface area (Å²) in [5, 5.41) is 3.04. The molecule has 2 aromatic heterocycles. The Labute approximate surface area is 160 Å². The van der Waals surface area contributed by atoms with Gasteiger partial charge in [0.15, 0.2) is 5.13 Å². The third-order valence-corrected chi connectivity index (χ3v) is 4.85. The number of thiazole rings is 1. The van der Waals surface area contributed by atoms with E-state index in [1.807, 2.05) is 19.1 Å². The van der Waals surface area contributed by atoms with Crippen LogP contribution in [0.15, 0.2) is 36.4 Å². The highest BCUT2D eigenvalue weighted by atomic mass is 32.1. The predicted molar refractivity (Wildman–Crippen MR) is 99.8 cm³/mol. The average molecular weight is 406 g/mol. The van der Waals surface area contributed by atoms with Crippen LogP contribution in [0.5, 0.6) is 5.75 Å². The van der Waals surface area contributed by atoms with E-state index in [0.717, 1.165) is 4.70 Å². The number of nitrogens with one attached hydrogen (secondary N) is 2. The maximum Gasteiger partial charge on any atom is 0.449 e. The van der Waals surface area contributed by atoms with Gasteiger partial charge in [0, 0.05) is 5.56 Å². The number of benzene rings is 2. The Balaban J connectivity index is 1.61. The molecule has 0 atom stereocenters. The third kappa shape index (κ3) is 3.38. The lowest BCUT2D eigenvalue weighted by Gasteiger charge is -2.02. The topological polar surface area (TPSA) is 79.9 Å². The summed E-state index contributed by atoms with van der Waals surface area (Å²) in [6.45, 7) is 2.35. The molecule has 0 saturated carbocycles. The number of H-pyrrole nitrogens is 1. The number of hydrogen-bond donors (Lipinski definition) is 2. The van der Waals surface area contributed by atoms with Crippen molar-refractivity contribution >= 4 is 43.6 Å². The number of rotatable bonds is 4. The number of amides is 1. The van der Waals surface area contributed by atoms with Crippen LogP contribution < -0.4 is 10.1 Å². The highest BCUT2D eigenvalue weighted by Crippen LogP contribution is 2.33. The summed E-state index contributed by atoms with van der Waals surface area (Å²) in [4.78, 5) is 22.6. The number of carbonyl (C=O) groups excluding carboxylic acids is 1. The van der Waals surface area contributed by atoms with E-state index in [9.17, 15) is 18.0 Å². The molecule has 0 fully saturated rings. The van der Waals surface area contributed by atoms with Gasteiger partial charge in [0.05, 0.1) is 22.3 Å². The fourth-order valence-corrected chi connectivity index (χ4v) is 3.58. The molecule has 0 unspecified atom stereocenters. The van der Waals surface area contributed by atoms with E-state index in [1.54, 1.807) is 6.07 Å². The molecule has 28 heavy (non-hydrogen) atoms. The molecule has 0 saturated heterocycles. The molecule has 2 N–H and O–H groups in total. The monoisotopic (exact) mass is 406 g/mol. The van der Waals surface area contributed by atoms with E-state index >= 15 is 0 Å². The lowest BCUT2D eigenvalue weighted by Crippen LogP contribution is -2.11. The molecule has 0 radical (unpaired) electrons. The van der Waals surface area contributed by atoms with Crippen LogP contribution in [-0.4, -0.2) is 27.5 Å². The van der Waals surface area contributed by atoms with E-state index in [0.29, 0.717) is 23.0 Å². The molecule has 2 heterocycles. The molecular weight excluding hydrogens is 393 g/mol. The summed E-state index contributed by atoms with van der Waals surface area (Å²) in [7, 11) is 0. The standard InChI is InChI=1S/C18H13F3N4O2S/c1-2-27-12-4-3-5-13-14(12)24-17(28-13)25-15(26)9-6-7-10-11(8-9)23-16(22-10)18(19,20)21/h3-8H,2H2,1H3,(H,22,23)(H,24,25,26). The fraction of sp³-hybridized carbons (Fsp3) is 0.167. The summed E-state index contributed by atoms with van der Waals surface area (Å²) in [6.07, 6.45) is -4.58. The molecule has 144 valence electrons. The molecule has 0 aliphatic rings. The largest absolute Gasteiger partial charge is 0.492 e. The zero-order chi connectivity index (χ0) is 19.9. The summed E-state index contributed by atoms with van der Waals surface area (Å²) in [5.74, 6) is -0.966. The summed E-state index contributed by atoms with van der Waals surface area (Å²) in [6, 6.07) is 9.59. The van der Waals surface area contributed by atoms with E-state index in [2.05, 4.69) is 20.3 Å². The Kier molecular flexibility index (Phi) is 4.42. The summed E-state index contributed by atoms with van der Waals surface area (Å²) >= 11 is 1.28. The Morgan fingerprint density at radius 1 is 1.25 bits per heavy atom. The van der Waals surface area contributed by atoms with Gasteiger partial charge in [-0.25, -0.2) is 9.97 Å². The number of fused-ring (bicyclic) bond motifs is 2. The van der Waals surface area contributed by atoms with Crippen LogP contribution >= 0.6 is 11.3 Å². The SMILES string of the molecule is CCOc1cccc2sc(NC(=O)c3ccc4nc(C(F)(F)F)[nH]c4c3)nc12. The van der Waals surface area contributed by atoms with E-state index < -0.39 is 17.9 Å². The number of aromatic amines is 1. The Hall–Kier alpha value is -3.14. The molecule has 2 aromatic carbocycles. The number of hydrogen-bond acceptors (Lipinski definition) is 5. The first-order chi connectivity index (χ1) is 13.3. The second-order valence-corrected chi connectivity index (χ2v) is 6.85. The quantitative estimate of drug-likeness (QED) is 0.508. The lowest BCUT2D eigenvalue weighted by atomic mass is 10.2. The number of imidazole rings is 1. The second-order valence-electron chi connectivity index (χ2n) is 5.82. The van der Waals surface area contributed by atoms with Crippen molar-refractivity contribution in [3.63, 3.8) is 0 Å². The maximum absolute atomic E-state index is 12.8. The third-order valence-electron chi connectivity index (χ3n) is 3.91. The van der Waals surface area contributed by atoms with Gasteiger partial charge in [-0.2, -0.15) is 13.2 Å². The molecular formula is C18H13F3N4O2S. The van der Waals surface area contributed by atoms with Crippen LogP contribution in [-0.2, 0) is 6.18 Å². The second kappa shape index (κ2) is 6.79. The predicted octanol–water partition coefficient (Wildman–Crippen LogP) is 4.84. The van der Waals surface area contributed by atoms with Crippen LogP contribution in [0, 0.1) is 0 Å². The molecule has 1 amide bonds. The summed E-state index contributed by atoms with van der Waals surface area (Å²) < 4.78 is 44.7. The number of aromatic nitrogens is 3. The number of alkyl halides is 3. The van der Waals surface area contributed by atoms with Crippen molar-refractivity contribution in [2.45, 2.75) is 13.1 Å². The van der Waals surface area contributed by atoms with Crippen LogP contribution in [0.25, 0.3) is 21.3 Å². The van der Waals surface area contributed by atoms with Crippen molar-refractivity contribution in [1.82, 2.24) is 15.0 Å². The Bertz CT molecular complexity index is 1180. The minimum atomic E-state index is -4.58. The molecule has 0 aliphatic heterocycles. The van der Waals surface area contributed by atoms with Crippen LogP contribution in [0.1, 0.15) is 23.1 Å². The van der Waals surface area contributed by atoms with Gasteiger partial charge in [0.1, 0.15) is 11.3 Å². The normalized spacial score (nSPS) is 11.9. The Morgan fingerprint density at radius 3 is 2.82 bits per heavy atom. The zero-order valence-electron chi connectivity index (χ0n) is 14.4. The molecule has 6 nitrogen and oxygen atoms in total. The minimum Gasteiger partial charge on any atom is -0.492 e. The van der Waals surface area contributed by atoms with Crippen molar-refractivity contribution in [3.8, 4) is 5.75 Å². The van der Waals surface area contributed by atoms with Crippen molar-refractivity contribution in [2.75, 3.05) is 11.9 Å². The number of anilines is 1. The number of nitrogens with zero attached hydrogens (tertiary/aromatic N) is 2. The number of ether oxygens (including phenoxy) is 1. The van der Waals surface area contributed by atoms with Crippen molar-refractivity contribution in [3.05, 3.63) is 47.8 Å². The first-order valence-corrected chi connectivity index (χ1v) is 9.07. The van der Waals surface area contributed by atoms with Crippen molar-refractivity contribution < 1.29 is 22.7 Å². The van der Waals surface area contributed by atoms with Gasteiger partial charge >= 0.3 is 6.18 Å². The molecule has 10 heteroatoms. The number of carbonyl (C=O) groups is 1. The van der Waals surface area contributed by atoms with Gasteiger partial charge in [-0.1, -0.05) is 17.4 Å². The molecule has 0 spiro atoms. The van der Waals surface area contributed by atoms with Crippen LogP contribution in [0.4, 0.5) is 18.3 Å². The van der Waals surface area contributed by atoms with Crippen LogP contribution in [0.3, 0.4) is 0 Å². The van der Waals surface area contributed by atoms with Crippen molar-refractivity contribution in [1.29, 1.82) is 0 Å². The Morgan fingerprint density at radius 2 is 2.07 bits per heavy atom. The van der Waals surface area contributed by atoms with Crippen LogP contribution in [0.2, 0.25) is 0 Å². The maximum atomic E-state index is 12.8. The van der Waals surface area contributed by atoms with E-state index in [1.165, 1.54) is 29.5 Å². The molecule has 4 aromatic rings. The minimum absolute atomic E-state index is 0.128. The average Bonchev–Trinajstić information content (AvgIpc) is 3.25. The fourth-order valence-electron chi connectivity index (χ4n) is 2.70. The zero-order valence-corrected chi connectivity index (χ0v) is 15.2. The van der Waals surface area contributed by atoms with Gasteiger partial charge < -0.3 is 9.72 Å². The molecule has 0 aliphatic carbocycles. The van der Waals surface area contributed by atoms with E-state index in [-0.39, 0.29) is 16.6 Å². The van der Waals surface area contributed by atoms with Crippen molar-refractivity contribution in [2.24, 2.45) is 0 Å². The van der Waals surface area contributed by atoms with E-state index in [4.69, 9.17) is 4.74 Å². The highest BCUT2D eigenvalue weighted by molar-refractivity contribution is 7.22. The molecule has 4 rings (SSSR count). The summed E-state index contributed by atoms with van der Waals surface area (Å²) in [5.41, 5.74) is 1.09. The van der Waals surface area contributed by atoms with Gasteiger partial charge in [0.25, 0.3) is 5.91 Å².